The normalized spacial score (nSPS) is 17.6. The Bertz CT molecular complexity index is 734. The molecule has 0 saturated carbocycles. The van der Waals surface area contributed by atoms with Crippen molar-refractivity contribution in [2.24, 2.45) is 5.92 Å². The molecule has 1 aliphatic heterocycles. The van der Waals surface area contributed by atoms with Crippen LogP contribution in [-0.4, -0.2) is 28.9 Å². The van der Waals surface area contributed by atoms with Gasteiger partial charge in [0, 0.05) is 24.3 Å². The lowest BCUT2D eigenvalue weighted by molar-refractivity contribution is 0.0682. The van der Waals surface area contributed by atoms with Gasteiger partial charge in [0.25, 0.3) is 5.91 Å². The number of aromatic nitrogens is 1. The molecule has 0 bridgehead atoms. The van der Waals surface area contributed by atoms with Crippen molar-refractivity contribution in [3.05, 3.63) is 52.1 Å². The van der Waals surface area contributed by atoms with Gasteiger partial charge in [-0.1, -0.05) is 30.1 Å². The first kappa shape index (κ1) is 17.1. The molecule has 6 heteroatoms. The second-order valence-electron chi connectivity index (χ2n) is 6.18. The average Bonchev–Trinajstić information content (AvgIpc) is 2.57. The molecule has 1 aromatic heterocycles. The molecule has 0 spiro atoms. The third-order valence-corrected chi connectivity index (χ3v) is 4.70. The number of anilines is 2. The molecule has 1 fully saturated rings. The summed E-state index contributed by atoms with van der Waals surface area (Å²) in [5.74, 6) is 1.23. The van der Waals surface area contributed by atoms with Crippen molar-refractivity contribution in [3.8, 4) is 0 Å². The van der Waals surface area contributed by atoms with E-state index in [0.29, 0.717) is 27.3 Å². The Morgan fingerprint density at radius 3 is 2.79 bits per heavy atom. The summed E-state index contributed by atoms with van der Waals surface area (Å²) in [4.78, 5) is 18.8. The molecular formula is C18H19Cl2N3O. The quantitative estimate of drug-likeness (QED) is 0.833. The summed E-state index contributed by atoms with van der Waals surface area (Å²) in [5, 5.41) is 4.22. The fourth-order valence-corrected chi connectivity index (χ4v) is 3.34. The van der Waals surface area contributed by atoms with Crippen molar-refractivity contribution in [3.63, 3.8) is 0 Å². The molecule has 1 unspecified atom stereocenters. The molecule has 1 atom stereocenters. The standard InChI is InChI=1S/C18H19Cl2N3O/c1-12-3-2-8-23(11-12)18(24)13-4-7-17(21-10-13)22-16-6-5-14(19)9-15(16)20/h4-7,9-10,12H,2-3,8,11H2,1H3,(H,21,22). The largest absolute Gasteiger partial charge is 0.339 e. The monoisotopic (exact) mass is 363 g/mol. The van der Waals surface area contributed by atoms with Crippen LogP contribution in [0.5, 0.6) is 0 Å². The Labute approximate surface area is 151 Å². The van der Waals surface area contributed by atoms with Crippen LogP contribution in [0.25, 0.3) is 0 Å². The zero-order valence-corrected chi connectivity index (χ0v) is 14.9. The van der Waals surface area contributed by atoms with Crippen LogP contribution in [0.2, 0.25) is 10.0 Å². The highest BCUT2D eigenvalue weighted by molar-refractivity contribution is 6.36. The van der Waals surface area contributed by atoms with Crippen LogP contribution in [0, 0.1) is 5.92 Å². The number of nitrogens with zero attached hydrogens (tertiary/aromatic N) is 2. The molecule has 0 aliphatic carbocycles. The molecule has 4 nitrogen and oxygen atoms in total. The number of nitrogens with one attached hydrogen (secondary N) is 1. The molecule has 1 amide bonds. The molecule has 0 radical (unpaired) electrons. The van der Waals surface area contributed by atoms with Crippen LogP contribution >= 0.6 is 23.2 Å². The van der Waals surface area contributed by atoms with Gasteiger partial charge in [-0.3, -0.25) is 4.79 Å². The Kier molecular flexibility index (Phi) is 5.27. The summed E-state index contributed by atoms with van der Waals surface area (Å²) >= 11 is 12.0. The molecule has 2 aromatic rings. The van der Waals surface area contributed by atoms with Gasteiger partial charge in [-0.15, -0.1) is 0 Å². The SMILES string of the molecule is CC1CCCN(C(=O)c2ccc(Nc3ccc(Cl)cc3Cl)nc2)C1. The molecule has 126 valence electrons. The Hall–Kier alpha value is -1.78. The number of rotatable bonds is 3. The number of likely N-dealkylation sites (tertiary alicyclic amines) is 1. The number of pyridine rings is 1. The van der Waals surface area contributed by atoms with Crippen molar-refractivity contribution in [2.45, 2.75) is 19.8 Å². The number of hydrogen-bond acceptors (Lipinski definition) is 3. The van der Waals surface area contributed by atoms with Gasteiger partial charge < -0.3 is 10.2 Å². The van der Waals surface area contributed by atoms with Crippen molar-refractivity contribution >= 4 is 40.6 Å². The fraction of sp³-hybridized carbons (Fsp3) is 0.333. The van der Waals surface area contributed by atoms with E-state index >= 15 is 0 Å². The Morgan fingerprint density at radius 2 is 2.12 bits per heavy atom. The van der Waals surface area contributed by atoms with Crippen LogP contribution < -0.4 is 5.32 Å². The first-order valence-corrected chi connectivity index (χ1v) is 8.76. The van der Waals surface area contributed by atoms with E-state index in [2.05, 4.69) is 17.2 Å². The first-order chi connectivity index (χ1) is 11.5. The highest BCUT2D eigenvalue weighted by atomic mass is 35.5. The number of benzene rings is 1. The van der Waals surface area contributed by atoms with Crippen LogP contribution in [0.3, 0.4) is 0 Å². The first-order valence-electron chi connectivity index (χ1n) is 8.00. The molecule has 2 heterocycles. The summed E-state index contributed by atoms with van der Waals surface area (Å²) in [6.07, 6.45) is 3.86. The lowest BCUT2D eigenvalue weighted by Crippen LogP contribution is -2.39. The van der Waals surface area contributed by atoms with Crippen molar-refractivity contribution in [2.75, 3.05) is 18.4 Å². The highest BCUT2D eigenvalue weighted by Gasteiger charge is 2.22. The molecule has 1 aliphatic rings. The van der Waals surface area contributed by atoms with E-state index in [-0.39, 0.29) is 5.91 Å². The van der Waals surface area contributed by atoms with Gasteiger partial charge in [-0.05, 0) is 49.1 Å². The van der Waals surface area contributed by atoms with E-state index in [4.69, 9.17) is 23.2 Å². The van der Waals surface area contributed by atoms with Crippen molar-refractivity contribution in [1.82, 2.24) is 9.88 Å². The lowest BCUT2D eigenvalue weighted by Gasteiger charge is -2.30. The smallest absolute Gasteiger partial charge is 0.255 e. The molecule has 3 rings (SSSR count). The van der Waals surface area contributed by atoms with Gasteiger partial charge >= 0.3 is 0 Å². The maximum absolute atomic E-state index is 12.5. The minimum atomic E-state index is 0.0464. The summed E-state index contributed by atoms with van der Waals surface area (Å²) in [7, 11) is 0. The van der Waals surface area contributed by atoms with Gasteiger partial charge in [0.2, 0.25) is 0 Å². The van der Waals surface area contributed by atoms with E-state index in [1.54, 1.807) is 36.5 Å². The third kappa shape index (κ3) is 4.00. The number of hydrogen-bond donors (Lipinski definition) is 1. The second kappa shape index (κ2) is 7.41. The summed E-state index contributed by atoms with van der Waals surface area (Å²) in [6.45, 7) is 3.82. The van der Waals surface area contributed by atoms with Crippen LogP contribution in [0.1, 0.15) is 30.1 Å². The zero-order valence-electron chi connectivity index (χ0n) is 13.4. The molecular weight excluding hydrogens is 345 g/mol. The van der Waals surface area contributed by atoms with Gasteiger partial charge in [0.15, 0.2) is 0 Å². The van der Waals surface area contributed by atoms with Gasteiger partial charge in [0.05, 0.1) is 16.3 Å². The van der Waals surface area contributed by atoms with Crippen LogP contribution in [0.4, 0.5) is 11.5 Å². The maximum atomic E-state index is 12.5. The van der Waals surface area contributed by atoms with E-state index in [9.17, 15) is 4.79 Å². The zero-order chi connectivity index (χ0) is 17.1. The third-order valence-electron chi connectivity index (χ3n) is 4.15. The minimum absolute atomic E-state index is 0.0464. The Balaban J connectivity index is 1.69. The van der Waals surface area contributed by atoms with E-state index in [1.807, 2.05) is 4.90 Å². The number of amides is 1. The topological polar surface area (TPSA) is 45.2 Å². The highest BCUT2D eigenvalue weighted by Crippen LogP contribution is 2.27. The fourth-order valence-electron chi connectivity index (χ4n) is 2.88. The predicted molar refractivity (Wildman–Crippen MR) is 98.3 cm³/mol. The molecule has 24 heavy (non-hydrogen) atoms. The van der Waals surface area contributed by atoms with Gasteiger partial charge in [-0.2, -0.15) is 0 Å². The summed E-state index contributed by atoms with van der Waals surface area (Å²) < 4.78 is 0. The Morgan fingerprint density at radius 1 is 1.29 bits per heavy atom. The summed E-state index contributed by atoms with van der Waals surface area (Å²) in [5.41, 5.74) is 1.33. The average molecular weight is 364 g/mol. The molecule has 1 aromatic carbocycles. The van der Waals surface area contributed by atoms with E-state index in [0.717, 1.165) is 25.2 Å². The molecule has 1 N–H and O–H groups in total. The second-order valence-corrected chi connectivity index (χ2v) is 7.02. The van der Waals surface area contributed by atoms with Gasteiger partial charge in [-0.25, -0.2) is 4.98 Å². The predicted octanol–water partition coefficient (Wildman–Crippen LogP) is 5.00. The van der Waals surface area contributed by atoms with Crippen LogP contribution in [-0.2, 0) is 0 Å². The van der Waals surface area contributed by atoms with Crippen molar-refractivity contribution in [1.29, 1.82) is 0 Å². The van der Waals surface area contributed by atoms with Crippen molar-refractivity contribution < 1.29 is 4.79 Å². The molecule has 1 saturated heterocycles. The van der Waals surface area contributed by atoms with Gasteiger partial charge in [0.1, 0.15) is 5.82 Å². The van der Waals surface area contributed by atoms with Crippen LogP contribution in [0.15, 0.2) is 36.5 Å². The number of carbonyl (C=O) groups is 1. The maximum Gasteiger partial charge on any atom is 0.255 e. The number of piperidine rings is 1. The number of carbonyl (C=O) groups excluding carboxylic acids is 1. The van der Waals surface area contributed by atoms with E-state index in [1.165, 1.54) is 6.42 Å². The van der Waals surface area contributed by atoms with E-state index < -0.39 is 0 Å². The summed E-state index contributed by atoms with van der Waals surface area (Å²) in [6, 6.07) is 8.79. The lowest BCUT2D eigenvalue weighted by atomic mass is 10.00. The number of halogens is 2. The minimum Gasteiger partial charge on any atom is -0.339 e.